The molecule has 7 rings (SSSR count). The molecule has 0 bridgehead atoms. The van der Waals surface area contributed by atoms with Crippen LogP contribution in [0.25, 0.3) is 39.0 Å². The van der Waals surface area contributed by atoms with Crippen molar-refractivity contribution in [2.24, 2.45) is 5.92 Å². The van der Waals surface area contributed by atoms with E-state index in [2.05, 4.69) is 72.9 Å². The summed E-state index contributed by atoms with van der Waals surface area (Å²) in [6.07, 6.45) is 9.19. The van der Waals surface area contributed by atoms with E-state index in [9.17, 15) is 9.59 Å². The van der Waals surface area contributed by atoms with Gasteiger partial charge in [-0.3, -0.25) is 19.9 Å². The van der Waals surface area contributed by atoms with Crippen LogP contribution in [0.3, 0.4) is 0 Å². The number of benzene rings is 2. The maximum atomic E-state index is 11.9. The van der Waals surface area contributed by atoms with Gasteiger partial charge in [0.1, 0.15) is 0 Å². The summed E-state index contributed by atoms with van der Waals surface area (Å²) in [6.45, 7) is 3.32. The first-order chi connectivity index (χ1) is 21.1. The van der Waals surface area contributed by atoms with Gasteiger partial charge >= 0.3 is 0 Å². The molecule has 9 nitrogen and oxygen atoms in total. The number of imide groups is 1. The Hall–Kier alpha value is -4.67. The van der Waals surface area contributed by atoms with Crippen molar-refractivity contribution < 1.29 is 9.59 Å². The maximum absolute atomic E-state index is 11.9. The quantitative estimate of drug-likeness (QED) is 0.236. The van der Waals surface area contributed by atoms with Crippen molar-refractivity contribution in [3.8, 4) is 11.3 Å². The fraction of sp³-hybridized carbons (Fsp3) is 0.212. The molecule has 0 saturated carbocycles. The minimum absolute atomic E-state index is 0.348. The number of hydrogen-bond donors (Lipinski definition) is 2. The summed E-state index contributed by atoms with van der Waals surface area (Å²) >= 11 is 0.890. The Morgan fingerprint density at radius 3 is 2.63 bits per heavy atom. The standard InChI is InChI=1S/C33H29N7O2S/c41-31-29(43-33(42)39-31)16-25-9-12-36-32(37-25)40-13-10-21(11-14-40)17-34-19-24-15-22-5-2-4-8-28(22)38-30(24)27-20-35-18-23-6-1-3-7-26(23)27/h1-9,12,15-16,18,20-21,34H,10-11,13-14,17,19H2,(H,39,41,42)/b29-16+. The van der Waals surface area contributed by atoms with Crippen LogP contribution in [0.4, 0.5) is 10.7 Å². The molecule has 0 atom stereocenters. The molecule has 0 spiro atoms. The van der Waals surface area contributed by atoms with Gasteiger partial charge in [0.2, 0.25) is 5.95 Å². The third kappa shape index (κ3) is 5.84. The topological polar surface area (TPSA) is 113 Å². The van der Waals surface area contributed by atoms with Crippen molar-refractivity contribution in [2.45, 2.75) is 19.4 Å². The number of rotatable bonds is 7. The summed E-state index contributed by atoms with van der Waals surface area (Å²) in [4.78, 5) is 44.6. The summed E-state index contributed by atoms with van der Waals surface area (Å²) in [7, 11) is 0. The predicted octanol–water partition coefficient (Wildman–Crippen LogP) is 5.57. The second-order valence-corrected chi connectivity index (χ2v) is 11.8. The van der Waals surface area contributed by atoms with E-state index < -0.39 is 0 Å². The molecular weight excluding hydrogens is 558 g/mol. The van der Waals surface area contributed by atoms with Gasteiger partial charge in [-0.1, -0.05) is 42.5 Å². The molecular formula is C33H29N7O2S. The number of piperidine rings is 1. The second-order valence-electron chi connectivity index (χ2n) is 10.8. The molecule has 3 aromatic heterocycles. The molecule has 2 fully saturated rings. The lowest BCUT2D eigenvalue weighted by molar-refractivity contribution is -0.115. The van der Waals surface area contributed by atoms with Crippen LogP contribution in [0.5, 0.6) is 0 Å². The number of para-hydroxylation sites is 1. The molecule has 5 aromatic rings. The number of nitrogens with one attached hydrogen (secondary N) is 2. The van der Waals surface area contributed by atoms with Crippen molar-refractivity contribution >= 4 is 56.6 Å². The number of thioether (sulfide) groups is 1. The number of carbonyl (C=O) groups excluding carboxylic acids is 2. The highest BCUT2D eigenvalue weighted by atomic mass is 32.2. The van der Waals surface area contributed by atoms with E-state index in [1.165, 1.54) is 0 Å². The Balaban J connectivity index is 1.02. The monoisotopic (exact) mass is 587 g/mol. The Kier molecular flexibility index (Phi) is 7.53. The first kappa shape index (κ1) is 27.2. The molecule has 10 heteroatoms. The maximum Gasteiger partial charge on any atom is 0.290 e. The lowest BCUT2D eigenvalue weighted by atomic mass is 9.96. The van der Waals surface area contributed by atoms with E-state index in [0.29, 0.717) is 29.0 Å². The number of amides is 2. The highest BCUT2D eigenvalue weighted by Crippen LogP contribution is 2.31. The smallest absolute Gasteiger partial charge is 0.290 e. The van der Waals surface area contributed by atoms with E-state index >= 15 is 0 Å². The van der Waals surface area contributed by atoms with Gasteiger partial charge in [0.05, 0.1) is 21.8 Å². The third-order valence-electron chi connectivity index (χ3n) is 7.96. The summed E-state index contributed by atoms with van der Waals surface area (Å²) < 4.78 is 0. The summed E-state index contributed by atoms with van der Waals surface area (Å²) in [5, 5.41) is 9.01. The van der Waals surface area contributed by atoms with Crippen molar-refractivity contribution in [3.05, 3.63) is 95.4 Å². The zero-order valence-corrected chi connectivity index (χ0v) is 24.2. The molecule has 2 N–H and O–H groups in total. The number of fused-ring (bicyclic) bond motifs is 2. The van der Waals surface area contributed by atoms with Gasteiger partial charge in [0.15, 0.2) is 0 Å². The van der Waals surface area contributed by atoms with Gasteiger partial charge < -0.3 is 10.2 Å². The predicted molar refractivity (Wildman–Crippen MR) is 170 cm³/mol. The average molecular weight is 588 g/mol. The zero-order valence-electron chi connectivity index (χ0n) is 23.4. The second kappa shape index (κ2) is 11.9. The molecule has 2 aliphatic heterocycles. The zero-order chi connectivity index (χ0) is 29.2. The molecule has 214 valence electrons. The van der Waals surface area contributed by atoms with E-state index in [0.717, 1.165) is 82.7 Å². The van der Waals surface area contributed by atoms with Gasteiger partial charge in [-0.2, -0.15) is 0 Å². The molecule has 2 aliphatic rings. The molecule has 0 unspecified atom stereocenters. The summed E-state index contributed by atoms with van der Waals surface area (Å²) in [5.41, 5.74) is 4.76. The van der Waals surface area contributed by atoms with E-state index in [1.807, 2.05) is 24.5 Å². The lowest BCUT2D eigenvalue weighted by Crippen LogP contribution is -2.38. The minimum atomic E-state index is -0.385. The van der Waals surface area contributed by atoms with Gasteiger partial charge in [-0.25, -0.2) is 15.0 Å². The van der Waals surface area contributed by atoms with Crippen LogP contribution >= 0.6 is 11.8 Å². The molecule has 2 amide bonds. The van der Waals surface area contributed by atoms with E-state index in [4.69, 9.17) is 4.98 Å². The largest absolute Gasteiger partial charge is 0.341 e. The number of hydrogen-bond acceptors (Lipinski definition) is 9. The highest BCUT2D eigenvalue weighted by molar-refractivity contribution is 8.18. The minimum Gasteiger partial charge on any atom is -0.341 e. The van der Waals surface area contributed by atoms with Crippen LogP contribution in [-0.4, -0.2) is 50.7 Å². The number of aromatic nitrogens is 4. The van der Waals surface area contributed by atoms with Gasteiger partial charge in [-0.05, 0) is 72.3 Å². The van der Waals surface area contributed by atoms with Gasteiger partial charge in [0.25, 0.3) is 11.1 Å². The molecule has 0 aliphatic carbocycles. The number of pyridine rings is 2. The summed E-state index contributed by atoms with van der Waals surface area (Å²) in [5.74, 6) is 0.789. The Bertz CT molecular complexity index is 1880. The van der Waals surface area contributed by atoms with Crippen molar-refractivity contribution in [2.75, 3.05) is 24.5 Å². The Labute approximate surface area is 252 Å². The van der Waals surface area contributed by atoms with Crippen molar-refractivity contribution in [3.63, 3.8) is 0 Å². The first-order valence-electron chi connectivity index (χ1n) is 14.4. The number of carbonyl (C=O) groups is 2. The summed E-state index contributed by atoms with van der Waals surface area (Å²) in [6, 6.07) is 20.6. The number of nitrogens with zero attached hydrogens (tertiary/aromatic N) is 5. The molecule has 2 aromatic carbocycles. The van der Waals surface area contributed by atoms with Crippen LogP contribution in [-0.2, 0) is 11.3 Å². The molecule has 5 heterocycles. The highest BCUT2D eigenvalue weighted by Gasteiger charge is 2.26. The van der Waals surface area contributed by atoms with Crippen LogP contribution in [0.2, 0.25) is 0 Å². The van der Waals surface area contributed by atoms with Crippen LogP contribution < -0.4 is 15.5 Å². The average Bonchev–Trinajstić information content (AvgIpc) is 3.36. The fourth-order valence-electron chi connectivity index (χ4n) is 5.73. The van der Waals surface area contributed by atoms with Crippen LogP contribution in [0.1, 0.15) is 24.1 Å². The van der Waals surface area contributed by atoms with E-state index in [1.54, 1.807) is 18.3 Å². The van der Waals surface area contributed by atoms with Crippen molar-refractivity contribution in [1.29, 1.82) is 0 Å². The Morgan fingerprint density at radius 2 is 1.79 bits per heavy atom. The van der Waals surface area contributed by atoms with Crippen LogP contribution in [0.15, 0.2) is 84.2 Å². The lowest BCUT2D eigenvalue weighted by Gasteiger charge is -2.32. The SMILES string of the molecule is O=C1NC(=O)/C(=C\c2ccnc(N3CCC(CNCc4cc5ccccc5nc4-c4cncc5ccccc45)CC3)n2)S1. The van der Waals surface area contributed by atoms with Gasteiger partial charge in [-0.15, -0.1) is 0 Å². The van der Waals surface area contributed by atoms with Gasteiger partial charge in [0, 0.05) is 54.6 Å². The normalized spacial score (nSPS) is 16.8. The Morgan fingerprint density at radius 1 is 0.977 bits per heavy atom. The molecule has 2 saturated heterocycles. The van der Waals surface area contributed by atoms with Crippen molar-refractivity contribution in [1.82, 2.24) is 30.6 Å². The molecule has 0 radical (unpaired) electrons. The number of anilines is 1. The van der Waals surface area contributed by atoms with E-state index in [-0.39, 0.29) is 11.1 Å². The molecule has 43 heavy (non-hydrogen) atoms. The fourth-order valence-corrected chi connectivity index (χ4v) is 6.40. The third-order valence-corrected chi connectivity index (χ3v) is 8.77. The van der Waals surface area contributed by atoms with Crippen LogP contribution in [0, 0.1) is 5.92 Å². The first-order valence-corrected chi connectivity index (χ1v) is 15.2.